The van der Waals surface area contributed by atoms with E-state index >= 15 is 0 Å². The number of alkyl halides is 2. The second-order valence-corrected chi connectivity index (χ2v) is 4.22. The van der Waals surface area contributed by atoms with E-state index in [1.165, 1.54) is 0 Å². The maximum Gasteiger partial charge on any atom is 0.261 e. The summed E-state index contributed by atoms with van der Waals surface area (Å²) < 4.78 is 25.7. The van der Waals surface area contributed by atoms with Crippen molar-refractivity contribution in [2.75, 3.05) is 13.1 Å². The molecule has 74 valence electrons. The van der Waals surface area contributed by atoms with Crippen molar-refractivity contribution in [1.82, 2.24) is 4.90 Å². The predicted octanol–water partition coefficient (Wildman–Crippen LogP) is 2.13. The lowest BCUT2D eigenvalue weighted by Crippen LogP contribution is -2.43. The minimum absolute atomic E-state index is 0.0407. The van der Waals surface area contributed by atoms with Crippen molar-refractivity contribution in [3.8, 4) is 12.3 Å². The van der Waals surface area contributed by atoms with Crippen LogP contribution >= 0.6 is 0 Å². The second-order valence-electron chi connectivity index (χ2n) is 4.22. The first-order valence-electron chi connectivity index (χ1n) is 4.44. The lowest BCUT2D eigenvalue weighted by molar-refractivity contribution is 0.000260. The maximum absolute atomic E-state index is 12.9. The van der Waals surface area contributed by atoms with Gasteiger partial charge in [-0.1, -0.05) is 0 Å². The van der Waals surface area contributed by atoms with Gasteiger partial charge < -0.3 is 0 Å². The van der Waals surface area contributed by atoms with E-state index in [1.807, 2.05) is 13.8 Å². The Morgan fingerprint density at radius 2 is 2.15 bits per heavy atom. The van der Waals surface area contributed by atoms with Crippen molar-refractivity contribution in [3.63, 3.8) is 0 Å². The molecule has 3 heteroatoms. The van der Waals surface area contributed by atoms with E-state index in [1.54, 1.807) is 4.90 Å². The van der Waals surface area contributed by atoms with E-state index in [0.29, 0.717) is 13.0 Å². The largest absolute Gasteiger partial charge is 0.291 e. The highest BCUT2D eigenvalue weighted by molar-refractivity contribution is 4.99. The summed E-state index contributed by atoms with van der Waals surface area (Å²) in [6.07, 6.45) is 5.66. The van der Waals surface area contributed by atoms with Crippen LogP contribution < -0.4 is 0 Å². The summed E-state index contributed by atoms with van der Waals surface area (Å²) in [4.78, 5) is 1.77. The summed E-state index contributed by atoms with van der Waals surface area (Å²) in [6, 6.07) is 0. The molecule has 1 aliphatic heterocycles. The standard InChI is InChI=1S/C10H15F2N/c1-4-5-9(2,3)13-7-6-10(11,12)8-13/h1H,5-8H2,2-3H3. The predicted molar refractivity (Wildman–Crippen MR) is 48.7 cm³/mol. The molecular weight excluding hydrogens is 172 g/mol. The van der Waals surface area contributed by atoms with Crippen molar-refractivity contribution < 1.29 is 8.78 Å². The SMILES string of the molecule is C#CCC(C)(C)N1CCC(F)(F)C1. The number of terminal acetylenes is 1. The van der Waals surface area contributed by atoms with Gasteiger partial charge in [-0.05, 0) is 13.8 Å². The molecule has 0 N–H and O–H groups in total. The number of likely N-dealkylation sites (tertiary alicyclic amines) is 1. The first-order valence-corrected chi connectivity index (χ1v) is 4.44. The zero-order chi connectivity index (χ0) is 10.1. The summed E-state index contributed by atoms with van der Waals surface area (Å²) in [5.41, 5.74) is -0.297. The highest BCUT2D eigenvalue weighted by Gasteiger charge is 2.43. The topological polar surface area (TPSA) is 3.24 Å². The van der Waals surface area contributed by atoms with Gasteiger partial charge >= 0.3 is 0 Å². The Labute approximate surface area is 78.1 Å². The highest BCUT2D eigenvalue weighted by atomic mass is 19.3. The number of hydrogen-bond donors (Lipinski definition) is 0. The monoisotopic (exact) mass is 187 g/mol. The molecule has 0 atom stereocenters. The molecule has 1 aliphatic rings. The second kappa shape index (κ2) is 3.26. The third-order valence-corrected chi connectivity index (χ3v) is 2.56. The highest BCUT2D eigenvalue weighted by Crippen LogP contribution is 2.32. The van der Waals surface area contributed by atoms with Crippen molar-refractivity contribution in [3.05, 3.63) is 0 Å². The number of nitrogens with zero attached hydrogens (tertiary/aromatic N) is 1. The molecule has 0 aliphatic carbocycles. The van der Waals surface area contributed by atoms with Gasteiger partial charge in [0.15, 0.2) is 0 Å². The van der Waals surface area contributed by atoms with Crippen LogP contribution in [0.1, 0.15) is 26.7 Å². The Kier molecular flexibility index (Phi) is 2.63. The Bertz CT molecular complexity index is 228. The Balaban J connectivity index is 2.61. The molecule has 1 rings (SSSR count). The van der Waals surface area contributed by atoms with E-state index in [9.17, 15) is 8.78 Å². The lowest BCUT2D eigenvalue weighted by Gasteiger charge is -2.33. The van der Waals surface area contributed by atoms with Crippen LogP contribution in [-0.2, 0) is 0 Å². The fourth-order valence-corrected chi connectivity index (χ4v) is 1.61. The van der Waals surface area contributed by atoms with Gasteiger partial charge in [0.05, 0.1) is 6.54 Å². The van der Waals surface area contributed by atoms with Gasteiger partial charge in [-0.2, -0.15) is 0 Å². The Morgan fingerprint density at radius 3 is 2.54 bits per heavy atom. The van der Waals surface area contributed by atoms with Crippen LogP contribution in [0.15, 0.2) is 0 Å². The Morgan fingerprint density at radius 1 is 1.54 bits per heavy atom. The third-order valence-electron chi connectivity index (χ3n) is 2.56. The van der Waals surface area contributed by atoms with Gasteiger partial charge in [0.2, 0.25) is 0 Å². The van der Waals surface area contributed by atoms with E-state index in [2.05, 4.69) is 5.92 Å². The first kappa shape index (κ1) is 10.5. The van der Waals surface area contributed by atoms with Gasteiger partial charge in [0.25, 0.3) is 5.92 Å². The van der Waals surface area contributed by atoms with Crippen LogP contribution in [0.5, 0.6) is 0 Å². The zero-order valence-corrected chi connectivity index (χ0v) is 8.11. The molecule has 1 nitrogen and oxygen atoms in total. The van der Waals surface area contributed by atoms with E-state index < -0.39 is 5.92 Å². The lowest BCUT2D eigenvalue weighted by atomic mass is 9.99. The molecule has 0 spiro atoms. The molecule has 1 fully saturated rings. The molecule has 0 aromatic heterocycles. The minimum Gasteiger partial charge on any atom is -0.291 e. The van der Waals surface area contributed by atoms with E-state index in [-0.39, 0.29) is 18.5 Å². The third kappa shape index (κ3) is 2.41. The average molecular weight is 187 g/mol. The molecule has 0 aromatic rings. The van der Waals surface area contributed by atoms with Crippen LogP contribution in [0.4, 0.5) is 8.78 Å². The van der Waals surface area contributed by atoms with Crippen LogP contribution in [0.3, 0.4) is 0 Å². The van der Waals surface area contributed by atoms with Crippen molar-refractivity contribution in [2.24, 2.45) is 0 Å². The normalized spacial score (nSPS) is 23.0. The first-order chi connectivity index (χ1) is 5.87. The molecule has 0 radical (unpaired) electrons. The molecule has 13 heavy (non-hydrogen) atoms. The van der Waals surface area contributed by atoms with Gasteiger partial charge in [0.1, 0.15) is 0 Å². The molecular formula is C10H15F2N. The van der Waals surface area contributed by atoms with Gasteiger partial charge in [0, 0.05) is 24.9 Å². The van der Waals surface area contributed by atoms with Crippen LogP contribution in [-0.4, -0.2) is 29.5 Å². The summed E-state index contributed by atoms with van der Waals surface area (Å²) in [5.74, 6) is 0.00369. The molecule has 0 bridgehead atoms. The van der Waals surface area contributed by atoms with E-state index in [0.717, 1.165) is 0 Å². The summed E-state index contributed by atoms with van der Waals surface area (Å²) in [5, 5.41) is 0. The zero-order valence-electron chi connectivity index (χ0n) is 8.11. The van der Waals surface area contributed by atoms with Crippen molar-refractivity contribution >= 4 is 0 Å². The van der Waals surface area contributed by atoms with Gasteiger partial charge in [-0.15, -0.1) is 12.3 Å². The van der Waals surface area contributed by atoms with E-state index in [4.69, 9.17) is 6.42 Å². The number of hydrogen-bond acceptors (Lipinski definition) is 1. The van der Waals surface area contributed by atoms with Gasteiger partial charge in [-0.3, -0.25) is 4.90 Å². The molecule has 1 saturated heterocycles. The average Bonchev–Trinajstić information content (AvgIpc) is 2.30. The van der Waals surface area contributed by atoms with Gasteiger partial charge in [-0.25, -0.2) is 8.78 Å². The smallest absolute Gasteiger partial charge is 0.261 e. The van der Waals surface area contributed by atoms with Crippen LogP contribution in [0.25, 0.3) is 0 Å². The molecule has 0 amide bonds. The fraction of sp³-hybridized carbons (Fsp3) is 0.800. The summed E-state index contributed by atoms with van der Waals surface area (Å²) in [6.45, 7) is 4.12. The summed E-state index contributed by atoms with van der Waals surface area (Å²) >= 11 is 0. The quantitative estimate of drug-likeness (QED) is 0.598. The van der Waals surface area contributed by atoms with Crippen LogP contribution in [0, 0.1) is 12.3 Å². The molecule has 0 aromatic carbocycles. The van der Waals surface area contributed by atoms with Crippen molar-refractivity contribution in [1.29, 1.82) is 0 Å². The molecule has 0 saturated carbocycles. The maximum atomic E-state index is 12.9. The molecule has 1 heterocycles. The Hall–Kier alpha value is -0.620. The fourth-order valence-electron chi connectivity index (χ4n) is 1.61. The van der Waals surface area contributed by atoms with Crippen molar-refractivity contribution in [2.45, 2.75) is 38.2 Å². The number of halogens is 2. The number of rotatable bonds is 2. The summed E-state index contributed by atoms with van der Waals surface area (Å²) in [7, 11) is 0. The minimum atomic E-state index is -2.52. The van der Waals surface area contributed by atoms with Crippen LogP contribution in [0.2, 0.25) is 0 Å². The molecule has 0 unspecified atom stereocenters.